The topological polar surface area (TPSA) is 126 Å². The molecule has 0 radical (unpaired) electrons. The van der Waals surface area contributed by atoms with E-state index in [-0.39, 0.29) is 42.0 Å². The van der Waals surface area contributed by atoms with Gasteiger partial charge >= 0.3 is 36.0 Å². The van der Waals surface area contributed by atoms with Gasteiger partial charge in [0.2, 0.25) is 0 Å². The van der Waals surface area contributed by atoms with Gasteiger partial charge in [0.15, 0.2) is 0 Å². The van der Waals surface area contributed by atoms with Gasteiger partial charge in [0, 0.05) is 16.0 Å². The Balaban J connectivity index is 2.22. The van der Waals surface area contributed by atoms with Crippen LogP contribution in [0.1, 0.15) is 30.5 Å². The number of carbonyl (C=O) groups excluding carboxylic acids is 5. The maximum atomic E-state index is 14.1. The lowest BCUT2D eigenvalue weighted by atomic mass is 9.82. The van der Waals surface area contributed by atoms with Crippen LogP contribution >= 0.6 is 35.3 Å². The Morgan fingerprint density at radius 3 is 1.66 bits per heavy atom. The molecule has 0 atom stereocenters. The Morgan fingerprint density at radius 1 is 0.750 bits per heavy atom. The predicted octanol–water partition coefficient (Wildman–Crippen LogP) is 4.78. The van der Waals surface area contributed by atoms with E-state index in [0.29, 0.717) is 51.3 Å². The van der Waals surface area contributed by atoms with Crippen LogP contribution in [0.15, 0.2) is 37.3 Å². The molecule has 44 heavy (non-hydrogen) atoms. The Kier molecular flexibility index (Phi) is 8.78. The summed E-state index contributed by atoms with van der Waals surface area (Å²) in [6, 6.07) is 2.98. The van der Waals surface area contributed by atoms with Gasteiger partial charge in [-0.05, 0) is 51.0 Å². The van der Waals surface area contributed by atoms with Crippen molar-refractivity contribution in [1.82, 2.24) is 0 Å². The number of methoxy groups -OCH3 is 4. The van der Waals surface area contributed by atoms with Gasteiger partial charge in [-0.25, -0.2) is 19.2 Å². The van der Waals surface area contributed by atoms with Crippen LogP contribution in [0, 0.1) is 13.8 Å². The highest BCUT2D eigenvalue weighted by atomic mass is 32.2. The zero-order valence-corrected chi connectivity index (χ0v) is 27.1. The summed E-state index contributed by atoms with van der Waals surface area (Å²) in [5, 5.41) is 0. The molecular weight excluding hydrogens is 648 g/mol. The second-order valence-electron chi connectivity index (χ2n) is 10.1. The lowest BCUT2D eigenvalue weighted by Gasteiger charge is -2.51. The molecule has 1 aromatic carbocycles. The molecule has 1 amide bonds. The summed E-state index contributed by atoms with van der Waals surface area (Å²) in [5.41, 5.74) is -0.780. The Hall–Kier alpha value is -3.37. The molecule has 10 nitrogen and oxygen atoms in total. The highest BCUT2D eigenvalue weighted by molar-refractivity contribution is 8.26. The summed E-state index contributed by atoms with van der Waals surface area (Å²) in [6.07, 6.45) is -5.28. The number of rotatable bonds is 4. The molecule has 0 fully saturated rings. The van der Waals surface area contributed by atoms with Crippen molar-refractivity contribution in [3.8, 4) is 0 Å². The van der Waals surface area contributed by atoms with Crippen molar-refractivity contribution in [2.45, 2.75) is 43.5 Å². The number of alkyl halides is 3. The molecule has 1 spiro atoms. The number of halogens is 3. The molecule has 0 N–H and O–H groups in total. The lowest BCUT2D eigenvalue weighted by Crippen LogP contribution is -2.57. The second-order valence-corrected chi connectivity index (χ2v) is 13.8. The number of esters is 4. The molecule has 3 aliphatic heterocycles. The fraction of sp³-hybridized carbons (Fsp3) is 0.393. The molecule has 3 aliphatic rings. The van der Waals surface area contributed by atoms with E-state index in [1.54, 1.807) is 19.9 Å². The number of fused-ring (bicyclic) bond motifs is 3. The van der Waals surface area contributed by atoms with Crippen molar-refractivity contribution in [2.24, 2.45) is 0 Å². The monoisotopic (exact) mass is 673 g/mol. The van der Waals surface area contributed by atoms with Crippen molar-refractivity contribution in [1.29, 1.82) is 0 Å². The quantitative estimate of drug-likeness (QED) is 0.323. The van der Waals surface area contributed by atoms with Crippen LogP contribution in [0.25, 0.3) is 5.57 Å². The molecule has 0 saturated carbocycles. The van der Waals surface area contributed by atoms with Gasteiger partial charge in [0.1, 0.15) is 18.8 Å². The standard InChI is InChI=1S/C28H26F3NO9S3/c1-11-9-13-14(10-12(11)2)32(25(37)28(29,30)31)26(3,4)20-15(13)27(16(21(33)38-5)17(42-20)22(34)39-6)43-18(23(35)40-7)19(44-27)24(36)41-8/h9-10H,1-8H3. The van der Waals surface area contributed by atoms with Crippen LogP contribution in [0.4, 0.5) is 18.9 Å². The number of nitrogens with zero attached hydrogens (tertiary/aromatic N) is 1. The van der Waals surface area contributed by atoms with E-state index in [4.69, 9.17) is 18.9 Å². The van der Waals surface area contributed by atoms with Gasteiger partial charge in [-0.2, -0.15) is 13.2 Å². The van der Waals surface area contributed by atoms with E-state index in [0.717, 1.165) is 28.4 Å². The highest BCUT2D eigenvalue weighted by Gasteiger charge is 2.63. The molecule has 1 aromatic rings. The number of aryl methyl sites for hydroxylation is 2. The second kappa shape index (κ2) is 11.5. The number of hydrogen-bond donors (Lipinski definition) is 0. The van der Waals surface area contributed by atoms with Crippen LogP contribution in [-0.4, -0.2) is 74.0 Å². The van der Waals surface area contributed by atoms with E-state index in [1.807, 2.05) is 0 Å². The van der Waals surface area contributed by atoms with Crippen molar-refractivity contribution < 1.29 is 56.1 Å². The van der Waals surface area contributed by atoms with E-state index in [9.17, 15) is 37.1 Å². The third-order valence-electron chi connectivity index (χ3n) is 7.20. The molecule has 0 saturated heterocycles. The minimum absolute atomic E-state index is 0.0641. The zero-order valence-electron chi connectivity index (χ0n) is 24.6. The Morgan fingerprint density at radius 2 is 1.20 bits per heavy atom. The van der Waals surface area contributed by atoms with Gasteiger partial charge < -0.3 is 18.9 Å². The fourth-order valence-electron chi connectivity index (χ4n) is 5.06. The number of thioether (sulfide) groups is 3. The largest absolute Gasteiger partial charge is 0.471 e. The SMILES string of the molecule is COC(=O)C1=C(C(=O)OC)SC2(S1)C(C(=O)OC)=C(C(=O)OC)SC1=C2c2cc(C)c(C)cc2N(C(=O)C(F)(F)F)C1(C)C. The summed E-state index contributed by atoms with van der Waals surface area (Å²) >= 11 is 2.01. The molecule has 0 aromatic heterocycles. The van der Waals surface area contributed by atoms with Crippen LogP contribution in [0.3, 0.4) is 0 Å². The Bertz CT molecular complexity index is 1600. The number of carbonyl (C=O) groups is 5. The average molecular weight is 674 g/mol. The van der Waals surface area contributed by atoms with E-state index >= 15 is 0 Å². The lowest BCUT2D eigenvalue weighted by molar-refractivity contribution is -0.171. The molecule has 236 valence electrons. The third kappa shape index (κ3) is 5.00. The van der Waals surface area contributed by atoms with Gasteiger partial charge in [-0.3, -0.25) is 9.69 Å². The molecular formula is C28H26F3NO9S3. The molecule has 16 heteroatoms. The molecule has 3 heterocycles. The fourth-order valence-corrected chi connectivity index (χ4v) is 10.1. The molecule has 0 unspecified atom stereocenters. The van der Waals surface area contributed by atoms with Crippen LogP contribution < -0.4 is 4.90 Å². The minimum Gasteiger partial charge on any atom is -0.466 e. The van der Waals surface area contributed by atoms with E-state index < -0.39 is 45.6 Å². The van der Waals surface area contributed by atoms with E-state index in [2.05, 4.69) is 0 Å². The summed E-state index contributed by atoms with van der Waals surface area (Å²) in [5.74, 6) is -6.16. The zero-order chi connectivity index (χ0) is 33.1. The molecule has 4 rings (SSSR count). The number of amides is 1. The summed E-state index contributed by atoms with van der Waals surface area (Å²) in [7, 11) is 4.25. The maximum Gasteiger partial charge on any atom is 0.471 e. The number of benzene rings is 1. The van der Waals surface area contributed by atoms with Crippen molar-refractivity contribution in [2.75, 3.05) is 33.3 Å². The van der Waals surface area contributed by atoms with Gasteiger partial charge in [0.05, 0.1) is 45.2 Å². The van der Waals surface area contributed by atoms with Crippen LogP contribution in [-0.2, 0) is 42.9 Å². The first-order valence-corrected chi connectivity index (χ1v) is 15.0. The number of anilines is 1. The minimum atomic E-state index is -5.28. The van der Waals surface area contributed by atoms with Gasteiger partial charge in [0.25, 0.3) is 0 Å². The van der Waals surface area contributed by atoms with Crippen molar-refractivity contribution >= 4 is 76.3 Å². The summed E-state index contributed by atoms with van der Waals surface area (Å²) in [4.78, 5) is 65.8. The average Bonchev–Trinajstić information content (AvgIpc) is 3.36. The molecule has 0 bridgehead atoms. The van der Waals surface area contributed by atoms with E-state index in [1.165, 1.54) is 19.9 Å². The highest BCUT2D eigenvalue weighted by Crippen LogP contribution is 2.71. The summed E-state index contributed by atoms with van der Waals surface area (Å²) < 4.78 is 60.4. The predicted molar refractivity (Wildman–Crippen MR) is 158 cm³/mol. The first-order valence-electron chi connectivity index (χ1n) is 12.6. The van der Waals surface area contributed by atoms with Crippen molar-refractivity contribution in [3.63, 3.8) is 0 Å². The number of ether oxygens (including phenoxy) is 4. The van der Waals surface area contributed by atoms with Gasteiger partial charge in [-0.1, -0.05) is 35.3 Å². The normalized spacial score (nSPS) is 18.6. The van der Waals surface area contributed by atoms with Crippen molar-refractivity contribution in [3.05, 3.63) is 54.0 Å². The third-order valence-corrected chi connectivity index (χ3v) is 11.9. The number of hydrogen-bond acceptors (Lipinski definition) is 12. The smallest absolute Gasteiger partial charge is 0.466 e. The summed E-state index contributed by atoms with van der Waals surface area (Å²) in [6.45, 7) is 6.10. The first kappa shape index (κ1) is 33.5. The maximum absolute atomic E-state index is 14.1. The van der Waals surface area contributed by atoms with Gasteiger partial charge in [-0.15, -0.1) is 0 Å². The van der Waals surface area contributed by atoms with Crippen LogP contribution in [0.2, 0.25) is 0 Å². The van der Waals surface area contributed by atoms with Crippen LogP contribution in [0.5, 0.6) is 0 Å². The Labute approximate surface area is 262 Å². The molecule has 0 aliphatic carbocycles. The first-order chi connectivity index (χ1) is 20.4.